The van der Waals surface area contributed by atoms with E-state index in [4.69, 9.17) is 18.9 Å². The van der Waals surface area contributed by atoms with Gasteiger partial charge in [0.15, 0.2) is 17.2 Å². The Morgan fingerprint density at radius 2 is 1.38 bits per heavy atom. The van der Waals surface area contributed by atoms with Crippen LogP contribution < -0.4 is 24.3 Å². The van der Waals surface area contributed by atoms with Crippen LogP contribution in [0.2, 0.25) is 0 Å². The summed E-state index contributed by atoms with van der Waals surface area (Å²) < 4.78 is 21.1. The van der Waals surface area contributed by atoms with Gasteiger partial charge in [0.1, 0.15) is 5.75 Å². The van der Waals surface area contributed by atoms with Gasteiger partial charge in [-0.1, -0.05) is 18.2 Å². The Balaban J connectivity index is 1.77. The molecule has 0 unspecified atom stereocenters. The van der Waals surface area contributed by atoms with Crippen LogP contribution in [-0.4, -0.2) is 44.4 Å². The van der Waals surface area contributed by atoms with Crippen LogP contribution in [0.5, 0.6) is 28.7 Å². The fraction of sp³-hybridized carbons (Fsp3) is 0.148. The van der Waals surface area contributed by atoms with Gasteiger partial charge >= 0.3 is 5.69 Å². The summed E-state index contributed by atoms with van der Waals surface area (Å²) in [7, 11) is 5.92. The lowest BCUT2D eigenvalue weighted by molar-refractivity contribution is -0.385. The van der Waals surface area contributed by atoms with Gasteiger partial charge in [0.25, 0.3) is 0 Å². The molecule has 1 amide bonds. The average Bonchev–Trinajstić information content (AvgIpc) is 2.91. The topological polar surface area (TPSA) is 129 Å². The predicted octanol–water partition coefficient (Wildman–Crippen LogP) is 5.16. The summed E-state index contributed by atoms with van der Waals surface area (Å²) >= 11 is 0. The number of carbonyl (C=O) groups excluding carboxylic acids is 1. The van der Waals surface area contributed by atoms with Crippen molar-refractivity contribution in [2.24, 2.45) is 0 Å². The fourth-order valence-corrected chi connectivity index (χ4v) is 3.44. The molecule has 3 aromatic carbocycles. The standard InChI is InChI=1S/C27H26N2O8/c1-34-23-14-18(7-10-21(23)29(32)33)9-12-26(31)28-20-13-17(8-11-22(20)30)5-6-19-15-24(35-2)27(37-4)25(16-19)36-3/h5-16,30H,1-4H3,(H,28,31)/b6-5?,12-9+. The molecule has 10 heteroatoms. The lowest BCUT2D eigenvalue weighted by Gasteiger charge is -2.12. The van der Waals surface area contributed by atoms with Crippen molar-refractivity contribution in [3.05, 3.63) is 81.4 Å². The number of nitrogens with zero attached hydrogens (tertiary/aromatic N) is 1. The summed E-state index contributed by atoms with van der Waals surface area (Å²) in [5.74, 6) is 0.978. The van der Waals surface area contributed by atoms with Crippen LogP contribution in [-0.2, 0) is 4.79 Å². The molecule has 2 N–H and O–H groups in total. The van der Waals surface area contributed by atoms with E-state index in [1.54, 1.807) is 30.3 Å². The van der Waals surface area contributed by atoms with Gasteiger partial charge < -0.3 is 29.4 Å². The third-order valence-corrected chi connectivity index (χ3v) is 5.26. The number of carbonyl (C=O) groups is 1. The van der Waals surface area contributed by atoms with Gasteiger partial charge in [0.2, 0.25) is 11.7 Å². The number of ether oxygens (including phenoxy) is 4. The van der Waals surface area contributed by atoms with E-state index in [1.165, 1.54) is 64.9 Å². The maximum atomic E-state index is 12.5. The van der Waals surface area contributed by atoms with Crippen molar-refractivity contribution in [1.82, 2.24) is 0 Å². The predicted molar refractivity (Wildman–Crippen MR) is 140 cm³/mol. The highest BCUT2D eigenvalue weighted by Gasteiger charge is 2.14. The van der Waals surface area contributed by atoms with Crippen LogP contribution >= 0.6 is 0 Å². The van der Waals surface area contributed by atoms with E-state index in [0.29, 0.717) is 28.4 Å². The molecule has 0 saturated heterocycles. The van der Waals surface area contributed by atoms with Crippen molar-refractivity contribution < 1.29 is 33.8 Å². The molecule has 3 rings (SSSR count). The van der Waals surface area contributed by atoms with Crippen LogP contribution in [0.4, 0.5) is 11.4 Å². The zero-order chi connectivity index (χ0) is 26.9. The van der Waals surface area contributed by atoms with Gasteiger partial charge in [-0.25, -0.2) is 0 Å². The molecular weight excluding hydrogens is 480 g/mol. The Bertz CT molecular complexity index is 1340. The Hall–Kier alpha value is -4.99. The number of amides is 1. The molecule has 0 heterocycles. The molecule has 10 nitrogen and oxygen atoms in total. The maximum absolute atomic E-state index is 12.5. The molecular formula is C27H26N2O8. The molecule has 0 fully saturated rings. The first kappa shape index (κ1) is 26.6. The van der Waals surface area contributed by atoms with E-state index in [2.05, 4.69) is 5.32 Å². The molecule has 0 saturated carbocycles. The van der Waals surface area contributed by atoms with Crippen LogP contribution in [0.15, 0.2) is 54.6 Å². The third kappa shape index (κ3) is 6.57. The first-order valence-corrected chi connectivity index (χ1v) is 10.9. The second kappa shape index (κ2) is 12.1. The summed E-state index contributed by atoms with van der Waals surface area (Å²) in [6.07, 6.45) is 6.35. The minimum Gasteiger partial charge on any atom is -0.506 e. The van der Waals surface area contributed by atoms with Crippen molar-refractivity contribution in [1.29, 1.82) is 0 Å². The number of anilines is 1. The van der Waals surface area contributed by atoms with Gasteiger partial charge in [-0.3, -0.25) is 14.9 Å². The van der Waals surface area contributed by atoms with E-state index in [9.17, 15) is 20.0 Å². The number of benzene rings is 3. The second-order valence-electron chi connectivity index (χ2n) is 7.58. The van der Waals surface area contributed by atoms with E-state index in [-0.39, 0.29) is 22.9 Å². The van der Waals surface area contributed by atoms with Crippen LogP contribution in [0, 0.1) is 10.1 Å². The quantitative estimate of drug-likeness (QED) is 0.127. The van der Waals surface area contributed by atoms with Crippen LogP contribution in [0.25, 0.3) is 18.2 Å². The normalized spacial score (nSPS) is 10.9. The number of nitro benzene ring substituents is 1. The number of nitrogens with one attached hydrogen (secondary N) is 1. The molecule has 0 aromatic heterocycles. The van der Waals surface area contributed by atoms with Crippen molar-refractivity contribution in [3.8, 4) is 28.7 Å². The number of phenols is 1. The number of aromatic hydroxyl groups is 1. The highest BCUT2D eigenvalue weighted by Crippen LogP contribution is 2.38. The Morgan fingerprint density at radius 3 is 1.97 bits per heavy atom. The highest BCUT2D eigenvalue weighted by molar-refractivity contribution is 6.03. The van der Waals surface area contributed by atoms with Crippen molar-refractivity contribution in [3.63, 3.8) is 0 Å². The number of hydrogen-bond acceptors (Lipinski definition) is 8. The van der Waals surface area contributed by atoms with Crippen LogP contribution in [0.1, 0.15) is 16.7 Å². The molecule has 0 bridgehead atoms. The summed E-state index contributed by atoms with van der Waals surface area (Å²) in [6, 6.07) is 12.6. The van der Waals surface area contributed by atoms with E-state index < -0.39 is 10.8 Å². The number of methoxy groups -OCH3 is 4. The zero-order valence-corrected chi connectivity index (χ0v) is 20.7. The minimum atomic E-state index is -0.551. The molecule has 0 aliphatic carbocycles. The Kier molecular flexibility index (Phi) is 8.71. The largest absolute Gasteiger partial charge is 0.506 e. The lowest BCUT2D eigenvalue weighted by Crippen LogP contribution is -2.08. The monoisotopic (exact) mass is 506 g/mol. The average molecular weight is 507 g/mol. The lowest BCUT2D eigenvalue weighted by atomic mass is 10.1. The van der Waals surface area contributed by atoms with Gasteiger partial charge in [-0.15, -0.1) is 0 Å². The number of hydrogen-bond donors (Lipinski definition) is 2. The van der Waals surface area contributed by atoms with Crippen molar-refractivity contribution >= 4 is 35.5 Å². The van der Waals surface area contributed by atoms with Gasteiger partial charge in [0.05, 0.1) is 39.0 Å². The summed E-state index contributed by atoms with van der Waals surface area (Å²) in [6.45, 7) is 0. The van der Waals surface area contributed by atoms with Gasteiger partial charge in [-0.05, 0) is 59.2 Å². The Morgan fingerprint density at radius 1 is 0.811 bits per heavy atom. The van der Waals surface area contributed by atoms with E-state index >= 15 is 0 Å². The first-order valence-electron chi connectivity index (χ1n) is 10.9. The number of phenolic OH excluding ortho intramolecular Hbond substituents is 1. The SMILES string of the molecule is COc1cc(/C=C/C(=O)Nc2cc(C=Cc3cc(OC)c(OC)c(OC)c3)ccc2O)ccc1[N+](=O)[O-]. The van der Waals surface area contributed by atoms with Crippen molar-refractivity contribution in [2.75, 3.05) is 33.8 Å². The second-order valence-corrected chi connectivity index (χ2v) is 7.58. The summed E-state index contributed by atoms with van der Waals surface area (Å²) in [5, 5.41) is 23.9. The highest BCUT2D eigenvalue weighted by atomic mass is 16.6. The van der Waals surface area contributed by atoms with Crippen molar-refractivity contribution in [2.45, 2.75) is 0 Å². The minimum absolute atomic E-state index is 0.0804. The summed E-state index contributed by atoms with van der Waals surface area (Å²) in [5.41, 5.74) is 2.07. The molecule has 0 spiro atoms. The van der Waals surface area contributed by atoms with E-state index in [0.717, 1.165) is 5.56 Å². The number of rotatable bonds is 10. The molecule has 0 atom stereocenters. The molecule has 3 aromatic rings. The first-order chi connectivity index (χ1) is 17.8. The van der Waals surface area contributed by atoms with Gasteiger partial charge in [-0.2, -0.15) is 0 Å². The maximum Gasteiger partial charge on any atom is 0.310 e. The van der Waals surface area contributed by atoms with Gasteiger partial charge in [0, 0.05) is 12.1 Å². The molecule has 192 valence electrons. The number of nitro groups is 1. The molecule has 37 heavy (non-hydrogen) atoms. The molecule has 0 aliphatic heterocycles. The van der Waals surface area contributed by atoms with Crippen LogP contribution in [0.3, 0.4) is 0 Å². The Labute approximate surface area is 213 Å². The fourth-order valence-electron chi connectivity index (χ4n) is 3.44. The third-order valence-electron chi connectivity index (χ3n) is 5.26. The van der Waals surface area contributed by atoms with E-state index in [1.807, 2.05) is 6.08 Å². The molecule has 0 radical (unpaired) electrons. The summed E-state index contributed by atoms with van der Waals surface area (Å²) in [4.78, 5) is 22.9. The molecule has 0 aliphatic rings. The zero-order valence-electron chi connectivity index (χ0n) is 20.7. The smallest absolute Gasteiger partial charge is 0.310 e.